The van der Waals surface area contributed by atoms with Gasteiger partial charge in [-0.05, 0) is 12.1 Å². The summed E-state index contributed by atoms with van der Waals surface area (Å²) >= 11 is 0. The van der Waals surface area contributed by atoms with Crippen molar-refractivity contribution >= 4 is 11.7 Å². The molecule has 3 aromatic heterocycles. The van der Waals surface area contributed by atoms with Crippen molar-refractivity contribution < 1.29 is 9.32 Å². The lowest BCUT2D eigenvalue weighted by molar-refractivity contribution is -0.115. The van der Waals surface area contributed by atoms with Crippen LogP contribution in [0.2, 0.25) is 0 Å². The van der Waals surface area contributed by atoms with Gasteiger partial charge in [-0.25, -0.2) is 9.97 Å². The summed E-state index contributed by atoms with van der Waals surface area (Å²) in [6.07, 6.45) is 6.15. The van der Waals surface area contributed by atoms with E-state index in [1.165, 1.54) is 12.4 Å². The molecule has 0 saturated carbocycles. The van der Waals surface area contributed by atoms with Gasteiger partial charge in [-0.3, -0.25) is 9.78 Å². The molecule has 0 aliphatic carbocycles. The third-order valence-corrected chi connectivity index (χ3v) is 2.50. The number of hydrogen-bond donors (Lipinski definition) is 1. The Labute approximate surface area is 119 Å². The molecule has 8 heteroatoms. The van der Waals surface area contributed by atoms with E-state index in [0.29, 0.717) is 11.5 Å². The highest BCUT2D eigenvalue weighted by atomic mass is 16.5. The first-order chi connectivity index (χ1) is 10.3. The highest BCUT2D eigenvalue weighted by molar-refractivity contribution is 5.90. The van der Waals surface area contributed by atoms with E-state index in [-0.39, 0.29) is 24.0 Å². The molecule has 0 bridgehead atoms. The number of rotatable bonds is 4. The molecule has 8 nitrogen and oxygen atoms in total. The van der Waals surface area contributed by atoms with Gasteiger partial charge in [0, 0.05) is 18.6 Å². The molecule has 0 aliphatic rings. The van der Waals surface area contributed by atoms with Crippen LogP contribution >= 0.6 is 0 Å². The van der Waals surface area contributed by atoms with Gasteiger partial charge < -0.3 is 9.84 Å². The van der Waals surface area contributed by atoms with Gasteiger partial charge in [-0.2, -0.15) is 4.98 Å². The number of nitrogens with one attached hydrogen (secondary N) is 1. The van der Waals surface area contributed by atoms with E-state index in [1.54, 1.807) is 30.6 Å². The minimum absolute atomic E-state index is 0.0136. The Hall–Kier alpha value is -3.16. The van der Waals surface area contributed by atoms with Gasteiger partial charge in [0.1, 0.15) is 11.5 Å². The molecule has 3 heterocycles. The van der Waals surface area contributed by atoms with E-state index in [2.05, 4.69) is 30.4 Å². The van der Waals surface area contributed by atoms with Crippen LogP contribution in [0.15, 0.2) is 47.5 Å². The molecular weight excluding hydrogens is 272 g/mol. The minimum Gasteiger partial charge on any atom is -0.332 e. The maximum absolute atomic E-state index is 11.8. The zero-order chi connectivity index (χ0) is 14.5. The maximum atomic E-state index is 11.8. The van der Waals surface area contributed by atoms with Crippen molar-refractivity contribution in [2.24, 2.45) is 0 Å². The molecule has 0 aromatic carbocycles. The van der Waals surface area contributed by atoms with Crippen molar-refractivity contribution in [3.05, 3.63) is 48.8 Å². The van der Waals surface area contributed by atoms with Crippen LogP contribution in [0.1, 0.15) is 5.82 Å². The van der Waals surface area contributed by atoms with E-state index >= 15 is 0 Å². The Morgan fingerprint density at radius 2 is 2.14 bits per heavy atom. The van der Waals surface area contributed by atoms with Crippen LogP contribution in [0, 0.1) is 0 Å². The van der Waals surface area contributed by atoms with Crippen molar-refractivity contribution in [1.29, 1.82) is 0 Å². The highest BCUT2D eigenvalue weighted by Gasteiger charge is 2.13. The summed E-state index contributed by atoms with van der Waals surface area (Å²) in [5, 5.41) is 6.38. The molecule has 1 N–H and O–H groups in total. The number of carbonyl (C=O) groups is 1. The Morgan fingerprint density at radius 3 is 2.90 bits per heavy atom. The number of hydrogen-bond acceptors (Lipinski definition) is 7. The summed E-state index contributed by atoms with van der Waals surface area (Å²) in [6.45, 7) is 0. The lowest BCUT2D eigenvalue weighted by Gasteiger charge is -2.00. The molecule has 0 radical (unpaired) electrons. The van der Waals surface area contributed by atoms with E-state index in [9.17, 15) is 4.79 Å². The van der Waals surface area contributed by atoms with Crippen LogP contribution in [-0.2, 0) is 11.2 Å². The Kier molecular flexibility index (Phi) is 3.59. The molecule has 21 heavy (non-hydrogen) atoms. The topological polar surface area (TPSA) is 107 Å². The largest absolute Gasteiger partial charge is 0.332 e. The summed E-state index contributed by atoms with van der Waals surface area (Å²) in [5.41, 5.74) is 0.460. The summed E-state index contributed by atoms with van der Waals surface area (Å²) in [6, 6.07) is 5.24. The molecule has 0 spiro atoms. The fraction of sp³-hybridized carbons (Fsp3) is 0.0769. The van der Waals surface area contributed by atoms with Crippen molar-refractivity contribution in [3.63, 3.8) is 0 Å². The molecule has 3 rings (SSSR count). The van der Waals surface area contributed by atoms with Crippen LogP contribution in [-0.4, -0.2) is 31.0 Å². The average Bonchev–Trinajstić information content (AvgIpc) is 2.97. The smallest absolute Gasteiger partial charge is 0.278 e. The summed E-state index contributed by atoms with van der Waals surface area (Å²) in [7, 11) is 0. The lowest BCUT2D eigenvalue weighted by Crippen LogP contribution is -2.15. The summed E-state index contributed by atoms with van der Waals surface area (Å²) < 4.78 is 5.04. The third-order valence-electron chi connectivity index (χ3n) is 2.50. The maximum Gasteiger partial charge on any atom is 0.278 e. The number of aromatic nitrogens is 5. The van der Waals surface area contributed by atoms with Crippen LogP contribution in [0.3, 0.4) is 0 Å². The first-order valence-corrected chi connectivity index (χ1v) is 6.11. The SMILES string of the molecule is O=C(Cc1noc(-c2cnccn2)n1)Nc1ccccn1. The predicted molar refractivity (Wildman–Crippen MR) is 71.9 cm³/mol. The molecule has 104 valence electrons. The Bertz CT molecular complexity index is 729. The minimum atomic E-state index is -0.278. The van der Waals surface area contributed by atoms with Gasteiger partial charge in [-0.15, -0.1) is 0 Å². The van der Waals surface area contributed by atoms with Gasteiger partial charge in [0.05, 0.1) is 12.6 Å². The second kappa shape index (κ2) is 5.87. The zero-order valence-electron chi connectivity index (χ0n) is 10.8. The van der Waals surface area contributed by atoms with E-state index in [1.807, 2.05) is 0 Å². The van der Waals surface area contributed by atoms with Crippen molar-refractivity contribution in [2.75, 3.05) is 5.32 Å². The van der Waals surface area contributed by atoms with Crippen LogP contribution < -0.4 is 5.32 Å². The third kappa shape index (κ3) is 3.24. The molecule has 0 unspecified atom stereocenters. The predicted octanol–water partition coefficient (Wildman–Crippen LogP) is 1.10. The van der Waals surface area contributed by atoms with Crippen molar-refractivity contribution in [3.8, 4) is 11.6 Å². The molecule has 3 aromatic rings. The summed E-state index contributed by atoms with van der Waals surface area (Å²) in [4.78, 5) is 27.9. The molecule has 0 saturated heterocycles. The first-order valence-electron chi connectivity index (χ1n) is 6.11. The monoisotopic (exact) mass is 282 g/mol. The number of anilines is 1. The number of carbonyl (C=O) groups excluding carboxylic acids is 1. The Balaban J connectivity index is 1.66. The van der Waals surface area contributed by atoms with E-state index in [0.717, 1.165) is 0 Å². The van der Waals surface area contributed by atoms with E-state index < -0.39 is 0 Å². The molecule has 0 aliphatic heterocycles. The average molecular weight is 282 g/mol. The standard InChI is InChI=1S/C13H10N6O2/c20-12(17-10-3-1-2-4-16-10)7-11-18-13(21-19-11)9-8-14-5-6-15-9/h1-6,8H,7H2,(H,16,17,20). The zero-order valence-corrected chi connectivity index (χ0v) is 10.8. The van der Waals surface area contributed by atoms with Crippen LogP contribution in [0.25, 0.3) is 11.6 Å². The normalized spacial score (nSPS) is 10.3. The summed E-state index contributed by atoms with van der Waals surface area (Å²) in [5.74, 6) is 0.688. The van der Waals surface area contributed by atoms with E-state index in [4.69, 9.17) is 4.52 Å². The van der Waals surface area contributed by atoms with Crippen molar-refractivity contribution in [1.82, 2.24) is 25.1 Å². The van der Waals surface area contributed by atoms with Gasteiger partial charge in [0.25, 0.3) is 5.89 Å². The molecular formula is C13H10N6O2. The molecule has 0 atom stereocenters. The van der Waals surface area contributed by atoms with Gasteiger partial charge in [0.2, 0.25) is 5.91 Å². The second-order valence-electron chi connectivity index (χ2n) is 4.05. The number of amides is 1. The van der Waals surface area contributed by atoms with Crippen molar-refractivity contribution in [2.45, 2.75) is 6.42 Å². The van der Waals surface area contributed by atoms with Crippen LogP contribution in [0.5, 0.6) is 0 Å². The first kappa shape index (κ1) is 12.9. The quantitative estimate of drug-likeness (QED) is 0.763. The Morgan fingerprint density at radius 1 is 1.19 bits per heavy atom. The molecule has 0 fully saturated rings. The lowest BCUT2D eigenvalue weighted by atomic mass is 10.3. The second-order valence-corrected chi connectivity index (χ2v) is 4.05. The number of nitrogens with zero attached hydrogens (tertiary/aromatic N) is 5. The van der Waals surface area contributed by atoms with Gasteiger partial charge in [0.15, 0.2) is 5.82 Å². The fourth-order valence-corrected chi connectivity index (χ4v) is 1.61. The molecule has 1 amide bonds. The highest BCUT2D eigenvalue weighted by Crippen LogP contribution is 2.12. The van der Waals surface area contributed by atoms with Gasteiger partial charge >= 0.3 is 0 Å². The van der Waals surface area contributed by atoms with Crippen LogP contribution in [0.4, 0.5) is 5.82 Å². The number of pyridine rings is 1. The van der Waals surface area contributed by atoms with Gasteiger partial charge in [-0.1, -0.05) is 11.2 Å². The fourth-order valence-electron chi connectivity index (χ4n) is 1.61.